The van der Waals surface area contributed by atoms with E-state index in [0.29, 0.717) is 0 Å². The van der Waals surface area contributed by atoms with Gasteiger partial charge < -0.3 is 10.2 Å². The minimum atomic E-state index is 0.0191. The molecule has 1 aromatic carbocycles. The minimum Gasteiger partial charge on any atom is -0.343 e. The number of nitrogens with zero attached hydrogens (tertiary/aromatic N) is 1. The highest BCUT2D eigenvalue weighted by Gasteiger charge is 2.31. The fourth-order valence-corrected chi connectivity index (χ4v) is 3.50. The average Bonchev–Trinajstić information content (AvgIpc) is 2.59. The molecule has 1 N–H and O–H groups in total. The molecule has 1 saturated carbocycles. The maximum Gasteiger partial charge on any atom is 0.227 e. The van der Waals surface area contributed by atoms with Gasteiger partial charge in [-0.2, -0.15) is 0 Å². The molecule has 1 aliphatic carbocycles. The van der Waals surface area contributed by atoms with Crippen molar-refractivity contribution in [2.45, 2.75) is 53.4 Å². The van der Waals surface area contributed by atoms with Gasteiger partial charge in [-0.1, -0.05) is 12.1 Å². The second-order valence-corrected chi connectivity index (χ2v) is 6.87. The number of benzene rings is 1. The molecule has 2 amide bonds. The summed E-state index contributed by atoms with van der Waals surface area (Å²) in [4.78, 5) is 26.9. The van der Waals surface area contributed by atoms with Gasteiger partial charge in [0.15, 0.2) is 0 Å². The monoisotopic (exact) mass is 330 g/mol. The van der Waals surface area contributed by atoms with Gasteiger partial charge in [0, 0.05) is 30.6 Å². The highest BCUT2D eigenvalue weighted by atomic mass is 16.2. The van der Waals surface area contributed by atoms with E-state index in [1.807, 2.05) is 44.7 Å². The van der Waals surface area contributed by atoms with Crippen molar-refractivity contribution >= 4 is 17.5 Å². The van der Waals surface area contributed by atoms with E-state index in [1.54, 1.807) is 0 Å². The van der Waals surface area contributed by atoms with Gasteiger partial charge >= 0.3 is 0 Å². The van der Waals surface area contributed by atoms with Crippen LogP contribution in [-0.4, -0.2) is 29.8 Å². The Labute approximate surface area is 145 Å². The first-order valence-corrected chi connectivity index (χ1v) is 9.13. The molecule has 0 atom stereocenters. The third-order valence-electron chi connectivity index (χ3n) is 5.17. The Balaban J connectivity index is 1.91. The van der Waals surface area contributed by atoms with Crippen molar-refractivity contribution < 1.29 is 9.59 Å². The van der Waals surface area contributed by atoms with Gasteiger partial charge in [-0.15, -0.1) is 0 Å². The molecular weight excluding hydrogens is 300 g/mol. The van der Waals surface area contributed by atoms with Gasteiger partial charge in [-0.3, -0.25) is 9.59 Å². The molecule has 132 valence electrons. The van der Waals surface area contributed by atoms with Crippen LogP contribution in [0.3, 0.4) is 0 Å². The van der Waals surface area contributed by atoms with Gasteiger partial charge in [0.2, 0.25) is 11.8 Å². The Morgan fingerprint density at radius 1 is 1.04 bits per heavy atom. The molecule has 0 radical (unpaired) electrons. The fourth-order valence-electron chi connectivity index (χ4n) is 3.50. The Bertz CT molecular complexity index is 585. The quantitative estimate of drug-likeness (QED) is 0.889. The van der Waals surface area contributed by atoms with E-state index in [4.69, 9.17) is 0 Å². The lowest BCUT2D eigenvalue weighted by molar-refractivity contribution is -0.137. The first kappa shape index (κ1) is 18.5. The van der Waals surface area contributed by atoms with Crippen molar-refractivity contribution in [2.24, 2.45) is 11.8 Å². The summed E-state index contributed by atoms with van der Waals surface area (Å²) in [6, 6.07) is 6.10. The van der Waals surface area contributed by atoms with Crippen LogP contribution in [-0.2, 0) is 9.59 Å². The molecule has 0 aromatic heterocycles. The first-order chi connectivity index (χ1) is 11.5. The lowest BCUT2D eigenvalue weighted by Crippen LogP contribution is -2.38. The zero-order chi connectivity index (χ0) is 17.7. The lowest BCUT2D eigenvalue weighted by Gasteiger charge is -2.30. The SMILES string of the molecule is CCN(CC)C(=O)C1CCC(C(=O)Nc2cc(C)ccc2C)CC1. The number of amides is 2. The van der Waals surface area contributed by atoms with E-state index in [1.165, 1.54) is 0 Å². The molecule has 0 saturated heterocycles. The maximum absolute atomic E-state index is 12.5. The second kappa shape index (κ2) is 8.32. The van der Waals surface area contributed by atoms with Gasteiger partial charge in [0.1, 0.15) is 0 Å². The number of carbonyl (C=O) groups is 2. The lowest BCUT2D eigenvalue weighted by atomic mass is 9.81. The van der Waals surface area contributed by atoms with Crippen LogP contribution in [0.25, 0.3) is 0 Å². The molecule has 24 heavy (non-hydrogen) atoms. The standard InChI is InChI=1S/C20H30N2O2/c1-5-22(6-2)20(24)17-11-9-16(10-12-17)19(23)21-18-13-14(3)7-8-15(18)4/h7-8,13,16-17H,5-6,9-12H2,1-4H3,(H,21,23). The average molecular weight is 330 g/mol. The largest absolute Gasteiger partial charge is 0.343 e. The number of carbonyl (C=O) groups excluding carboxylic acids is 2. The van der Waals surface area contributed by atoms with Crippen molar-refractivity contribution in [2.75, 3.05) is 18.4 Å². The van der Waals surface area contributed by atoms with Gasteiger partial charge in [0.25, 0.3) is 0 Å². The van der Waals surface area contributed by atoms with E-state index in [2.05, 4.69) is 11.4 Å². The minimum absolute atomic E-state index is 0.0191. The molecule has 0 spiro atoms. The number of nitrogens with one attached hydrogen (secondary N) is 1. The van der Waals surface area contributed by atoms with Crippen LogP contribution in [0.5, 0.6) is 0 Å². The highest BCUT2D eigenvalue weighted by molar-refractivity contribution is 5.93. The molecule has 0 unspecified atom stereocenters. The second-order valence-electron chi connectivity index (χ2n) is 6.87. The molecule has 0 heterocycles. The third kappa shape index (κ3) is 4.37. The number of anilines is 1. The van der Waals surface area contributed by atoms with Crippen molar-refractivity contribution in [1.29, 1.82) is 0 Å². The van der Waals surface area contributed by atoms with Crippen molar-refractivity contribution in [3.63, 3.8) is 0 Å². The molecular formula is C20H30N2O2. The summed E-state index contributed by atoms with van der Waals surface area (Å²) < 4.78 is 0. The van der Waals surface area contributed by atoms with Crippen LogP contribution in [0.1, 0.15) is 50.7 Å². The summed E-state index contributed by atoms with van der Waals surface area (Å²) in [7, 11) is 0. The topological polar surface area (TPSA) is 49.4 Å². The van der Waals surface area contributed by atoms with Crippen molar-refractivity contribution in [1.82, 2.24) is 4.90 Å². The van der Waals surface area contributed by atoms with Gasteiger partial charge in [-0.05, 0) is 70.6 Å². The Morgan fingerprint density at radius 3 is 2.21 bits per heavy atom. The Hall–Kier alpha value is -1.84. The molecule has 1 aromatic rings. The van der Waals surface area contributed by atoms with E-state index in [-0.39, 0.29) is 23.7 Å². The maximum atomic E-state index is 12.5. The summed E-state index contributed by atoms with van der Waals surface area (Å²) in [5, 5.41) is 3.08. The molecule has 1 fully saturated rings. The Kier molecular flexibility index (Phi) is 6.41. The van der Waals surface area contributed by atoms with Crippen LogP contribution in [0, 0.1) is 25.7 Å². The first-order valence-electron chi connectivity index (χ1n) is 9.13. The van der Waals surface area contributed by atoms with Gasteiger partial charge in [-0.25, -0.2) is 0 Å². The summed E-state index contributed by atoms with van der Waals surface area (Å²) in [6.07, 6.45) is 3.24. The zero-order valence-electron chi connectivity index (χ0n) is 15.4. The normalized spacial score (nSPS) is 20.5. The van der Waals surface area contributed by atoms with E-state index < -0.39 is 0 Å². The van der Waals surface area contributed by atoms with Crippen LogP contribution < -0.4 is 5.32 Å². The predicted octanol–water partition coefficient (Wildman–Crippen LogP) is 3.92. The van der Waals surface area contributed by atoms with E-state index >= 15 is 0 Å². The third-order valence-corrected chi connectivity index (χ3v) is 5.17. The molecule has 1 aliphatic rings. The smallest absolute Gasteiger partial charge is 0.227 e. The van der Waals surface area contributed by atoms with Crippen LogP contribution in [0.15, 0.2) is 18.2 Å². The molecule has 0 bridgehead atoms. The van der Waals surface area contributed by atoms with Crippen molar-refractivity contribution in [3.05, 3.63) is 29.3 Å². The number of aryl methyl sites for hydroxylation is 2. The Morgan fingerprint density at radius 2 is 1.62 bits per heavy atom. The summed E-state index contributed by atoms with van der Waals surface area (Å²) in [6.45, 7) is 9.61. The number of hydrogen-bond acceptors (Lipinski definition) is 2. The molecule has 0 aliphatic heterocycles. The number of hydrogen-bond donors (Lipinski definition) is 1. The van der Waals surface area contributed by atoms with E-state index in [0.717, 1.165) is 55.6 Å². The zero-order valence-corrected chi connectivity index (χ0v) is 15.4. The van der Waals surface area contributed by atoms with Gasteiger partial charge in [0.05, 0.1) is 0 Å². The van der Waals surface area contributed by atoms with Crippen LogP contribution in [0.2, 0.25) is 0 Å². The molecule has 2 rings (SSSR count). The number of rotatable bonds is 5. The highest BCUT2D eigenvalue weighted by Crippen LogP contribution is 2.31. The van der Waals surface area contributed by atoms with Crippen molar-refractivity contribution in [3.8, 4) is 0 Å². The summed E-state index contributed by atoms with van der Waals surface area (Å²) in [5.74, 6) is 0.464. The van der Waals surface area contributed by atoms with E-state index in [9.17, 15) is 9.59 Å². The fraction of sp³-hybridized carbons (Fsp3) is 0.600. The predicted molar refractivity (Wildman–Crippen MR) is 97.9 cm³/mol. The summed E-state index contributed by atoms with van der Waals surface area (Å²) >= 11 is 0. The molecule has 4 heteroatoms. The van der Waals surface area contributed by atoms with Crippen LogP contribution in [0.4, 0.5) is 5.69 Å². The molecule has 4 nitrogen and oxygen atoms in total. The van der Waals surface area contributed by atoms with Crippen LogP contribution >= 0.6 is 0 Å². The summed E-state index contributed by atoms with van der Waals surface area (Å²) in [5.41, 5.74) is 3.13.